The highest BCUT2D eigenvalue weighted by Crippen LogP contribution is 2.40. The molecule has 0 radical (unpaired) electrons. The molecule has 3 heterocycles. The van der Waals surface area contributed by atoms with Gasteiger partial charge in [0.25, 0.3) is 0 Å². The number of ether oxygens (including phenoxy) is 2. The lowest BCUT2D eigenvalue weighted by atomic mass is 9.89. The fourth-order valence-corrected chi connectivity index (χ4v) is 5.72. The van der Waals surface area contributed by atoms with E-state index < -0.39 is 12.0 Å². The lowest BCUT2D eigenvalue weighted by molar-refractivity contribution is -0.147. The molecule has 1 fully saturated rings. The van der Waals surface area contributed by atoms with Gasteiger partial charge in [-0.15, -0.1) is 0 Å². The van der Waals surface area contributed by atoms with Crippen molar-refractivity contribution in [2.24, 2.45) is 5.92 Å². The van der Waals surface area contributed by atoms with Crippen molar-refractivity contribution in [3.8, 4) is 16.9 Å². The highest BCUT2D eigenvalue weighted by Gasteiger charge is 2.38. The number of likely N-dealkylation sites (tertiary alicyclic amines) is 1. The first-order valence-corrected chi connectivity index (χ1v) is 14.1. The quantitative estimate of drug-likeness (QED) is 0.279. The number of aromatic nitrogens is 1. The number of methoxy groups -OCH3 is 1. The zero-order valence-corrected chi connectivity index (χ0v) is 22.8. The number of anilines is 1. The first-order chi connectivity index (χ1) is 19.1. The second-order valence-electron chi connectivity index (χ2n) is 10.6. The van der Waals surface area contributed by atoms with Crippen LogP contribution in [-0.2, 0) is 22.4 Å². The van der Waals surface area contributed by atoms with E-state index in [-0.39, 0.29) is 0 Å². The van der Waals surface area contributed by atoms with Gasteiger partial charge in [0.1, 0.15) is 17.6 Å². The third-order valence-corrected chi connectivity index (χ3v) is 7.75. The number of fused-ring (bicyclic) bond motifs is 1. The number of carboxylic acids is 1. The number of carboxylic acid groups (broad SMARTS) is 1. The third-order valence-electron chi connectivity index (χ3n) is 7.75. The molecule has 3 aromatic rings. The SMILES string of the molecule is COc1cccc(C(C(=O)O)N2CC(COCCCCCc3ccc4c(n3)NCCC4)C2)c1-c1ccccc1. The van der Waals surface area contributed by atoms with Gasteiger partial charge in [-0.3, -0.25) is 9.69 Å². The maximum atomic E-state index is 12.4. The van der Waals surface area contributed by atoms with Crippen molar-refractivity contribution in [3.05, 3.63) is 77.5 Å². The van der Waals surface area contributed by atoms with Crippen molar-refractivity contribution in [1.82, 2.24) is 9.88 Å². The van der Waals surface area contributed by atoms with Crippen molar-refractivity contribution >= 4 is 11.8 Å². The van der Waals surface area contributed by atoms with E-state index in [1.54, 1.807) is 7.11 Å². The molecule has 0 amide bonds. The number of carbonyl (C=O) groups is 1. The van der Waals surface area contributed by atoms with Gasteiger partial charge in [-0.1, -0.05) is 55.0 Å². The number of unbranched alkanes of at least 4 members (excludes halogenated alkanes) is 2. The Bertz CT molecular complexity index is 1240. The number of pyridine rings is 1. The van der Waals surface area contributed by atoms with Gasteiger partial charge in [0.15, 0.2) is 0 Å². The molecule has 2 aliphatic heterocycles. The van der Waals surface area contributed by atoms with E-state index >= 15 is 0 Å². The number of aliphatic carboxylic acids is 1. The molecule has 7 heteroatoms. The van der Waals surface area contributed by atoms with Crippen LogP contribution in [0, 0.1) is 5.92 Å². The molecule has 39 heavy (non-hydrogen) atoms. The Kier molecular flexibility index (Phi) is 9.12. The third kappa shape index (κ3) is 6.60. The van der Waals surface area contributed by atoms with E-state index in [0.717, 1.165) is 73.5 Å². The highest BCUT2D eigenvalue weighted by atomic mass is 16.5. The van der Waals surface area contributed by atoms with Crippen LogP contribution >= 0.6 is 0 Å². The summed E-state index contributed by atoms with van der Waals surface area (Å²) in [4.78, 5) is 19.2. The van der Waals surface area contributed by atoms with E-state index in [1.807, 2.05) is 53.4 Å². The van der Waals surface area contributed by atoms with Crippen LogP contribution in [0.1, 0.15) is 48.5 Å². The minimum Gasteiger partial charge on any atom is -0.496 e. The minimum atomic E-state index is -0.844. The molecular formula is C32H39N3O4. The number of nitrogens with zero attached hydrogens (tertiary/aromatic N) is 2. The molecule has 2 N–H and O–H groups in total. The number of rotatable bonds is 13. The van der Waals surface area contributed by atoms with Gasteiger partial charge < -0.3 is 19.9 Å². The molecular weight excluding hydrogens is 490 g/mol. The standard InChI is InChI=1S/C32H39N3O4/c1-38-28-15-8-14-27(29(28)24-10-4-2-5-11-24)30(32(36)37)35-20-23(21-35)22-39-19-7-3-6-13-26-17-16-25-12-9-18-33-31(25)34-26/h2,4-5,8,10-11,14-17,23,30H,3,6-7,9,12-13,18-22H2,1H3,(H,33,34)(H,36,37). The number of aryl methyl sites for hydroxylation is 2. The average Bonchev–Trinajstić information content (AvgIpc) is 2.95. The van der Waals surface area contributed by atoms with E-state index in [4.69, 9.17) is 14.5 Å². The van der Waals surface area contributed by atoms with Crippen LogP contribution in [0.5, 0.6) is 5.75 Å². The molecule has 0 bridgehead atoms. The number of benzene rings is 2. The summed E-state index contributed by atoms with van der Waals surface area (Å²) in [5, 5.41) is 13.6. The minimum absolute atomic E-state index is 0.352. The monoisotopic (exact) mass is 529 g/mol. The van der Waals surface area contributed by atoms with E-state index in [0.29, 0.717) is 31.4 Å². The van der Waals surface area contributed by atoms with Gasteiger partial charge in [-0.2, -0.15) is 0 Å². The molecule has 1 aromatic heterocycles. The predicted molar refractivity (Wildman–Crippen MR) is 153 cm³/mol. The molecule has 0 saturated carbocycles. The van der Waals surface area contributed by atoms with E-state index in [2.05, 4.69) is 17.4 Å². The number of hydrogen-bond acceptors (Lipinski definition) is 6. The van der Waals surface area contributed by atoms with Crippen LogP contribution in [-0.4, -0.2) is 60.9 Å². The van der Waals surface area contributed by atoms with Crippen LogP contribution in [0.25, 0.3) is 11.1 Å². The Morgan fingerprint density at radius 3 is 2.72 bits per heavy atom. The molecule has 206 valence electrons. The van der Waals surface area contributed by atoms with E-state index in [9.17, 15) is 9.90 Å². The topological polar surface area (TPSA) is 83.9 Å². The fraction of sp³-hybridized carbons (Fsp3) is 0.438. The van der Waals surface area contributed by atoms with Gasteiger partial charge in [0, 0.05) is 43.4 Å². The maximum absolute atomic E-state index is 12.4. The summed E-state index contributed by atoms with van der Waals surface area (Å²) in [7, 11) is 1.63. The van der Waals surface area contributed by atoms with Crippen molar-refractivity contribution in [3.63, 3.8) is 0 Å². The Morgan fingerprint density at radius 2 is 1.92 bits per heavy atom. The average molecular weight is 530 g/mol. The lowest BCUT2D eigenvalue weighted by Gasteiger charge is -2.43. The summed E-state index contributed by atoms with van der Waals surface area (Å²) in [6.45, 7) is 3.85. The largest absolute Gasteiger partial charge is 0.496 e. The van der Waals surface area contributed by atoms with Gasteiger partial charge in [0.05, 0.1) is 13.7 Å². The summed E-state index contributed by atoms with van der Waals surface area (Å²) in [6, 6.07) is 19.2. The smallest absolute Gasteiger partial charge is 0.325 e. The Hall–Kier alpha value is -3.42. The first kappa shape index (κ1) is 27.2. The molecule has 1 unspecified atom stereocenters. The molecule has 0 spiro atoms. The van der Waals surface area contributed by atoms with Gasteiger partial charge in [0.2, 0.25) is 0 Å². The number of nitrogens with one attached hydrogen (secondary N) is 1. The second-order valence-corrected chi connectivity index (χ2v) is 10.6. The van der Waals surface area contributed by atoms with Gasteiger partial charge in [-0.05, 0) is 60.9 Å². The molecule has 2 aliphatic rings. The molecule has 7 nitrogen and oxygen atoms in total. The van der Waals surface area contributed by atoms with Crippen LogP contribution in [0.4, 0.5) is 5.82 Å². The Morgan fingerprint density at radius 1 is 1.08 bits per heavy atom. The first-order valence-electron chi connectivity index (χ1n) is 14.1. The highest BCUT2D eigenvalue weighted by molar-refractivity contribution is 5.83. The van der Waals surface area contributed by atoms with Crippen molar-refractivity contribution < 1.29 is 19.4 Å². The van der Waals surface area contributed by atoms with Crippen LogP contribution < -0.4 is 10.1 Å². The summed E-state index contributed by atoms with van der Waals surface area (Å²) < 4.78 is 11.6. The van der Waals surface area contributed by atoms with Crippen molar-refractivity contribution in [2.75, 3.05) is 45.3 Å². The van der Waals surface area contributed by atoms with Crippen LogP contribution in [0.15, 0.2) is 60.7 Å². The summed E-state index contributed by atoms with van der Waals surface area (Å²) >= 11 is 0. The zero-order valence-electron chi connectivity index (χ0n) is 22.8. The molecule has 0 aliphatic carbocycles. The summed E-state index contributed by atoms with van der Waals surface area (Å²) in [5.74, 6) is 1.27. The fourth-order valence-electron chi connectivity index (χ4n) is 5.72. The van der Waals surface area contributed by atoms with E-state index in [1.165, 1.54) is 12.0 Å². The lowest BCUT2D eigenvalue weighted by Crippen LogP contribution is -2.52. The van der Waals surface area contributed by atoms with Crippen molar-refractivity contribution in [2.45, 2.75) is 44.6 Å². The normalized spacial score (nSPS) is 16.1. The Balaban J connectivity index is 1.06. The summed E-state index contributed by atoms with van der Waals surface area (Å²) in [5.41, 5.74) is 5.06. The molecule has 1 atom stereocenters. The molecule has 2 aromatic carbocycles. The van der Waals surface area contributed by atoms with Crippen LogP contribution in [0.3, 0.4) is 0 Å². The number of hydrogen-bond donors (Lipinski definition) is 2. The summed E-state index contributed by atoms with van der Waals surface area (Å²) in [6.07, 6.45) is 6.56. The zero-order chi connectivity index (χ0) is 27.0. The van der Waals surface area contributed by atoms with Crippen LogP contribution in [0.2, 0.25) is 0 Å². The van der Waals surface area contributed by atoms with Gasteiger partial charge in [-0.25, -0.2) is 4.98 Å². The molecule has 1 saturated heterocycles. The van der Waals surface area contributed by atoms with Gasteiger partial charge >= 0.3 is 5.97 Å². The van der Waals surface area contributed by atoms with Crippen molar-refractivity contribution in [1.29, 1.82) is 0 Å². The maximum Gasteiger partial charge on any atom is 0.325 e. The predicted octanol–water partition coefficient (Wildman–Crippen LogP) is 5.60. The molecule has 5 rings (SSSR count). The Labute approximate surface area is 231 Å². The second kappa shape index (κ2) is 13.1.